The minimum atomic E-state index is 0.382. The standard InChI is InChI=1S/C21H25Cl2N5O2S/c1-3-29-19-11-16(13-24-8-5-9-31-21-25-26-27-28(21)2)18(23)12-20(19)30-14-15-6-4-7-17(22)10-15/h4,6-7,10-12,24H,3,5,8-9,13-14H2,1-2H3. The van der Waals surface area contributed by atoms with Crippen LogP contribution in [-0.2, 0) is 20.2 Å². The van der Waals surface area contributed by atoms with Gasteiger partial charge in [0, 0.05) is 35.5 Å². The molecule has 1 aromatic heterocycles. The molecular weight excluding hydrogens is 457 g/mol. The highest BCUT2D eigenvalue weighted by molar-refractivity contribution is 7.99. The molecule has 0 saturated heterocycles. The number of ether oxygens (including phenoxy) is 2. The first-order chi connectivity index (χ1) is 15.1. The molecule has 10 heteroatoms. The lowest BCUT2D eigenvalue weighted by molar-refractivity contribution is 0.269. The highest BCUT2D eigenvalue weighted by atomic mass is 35.5. The van der Waals surface area contributed by atoms with E-state index in [4.69, 9.17) is 32.7 Å². The van der Waals surface area contributed by atoms with Crippen LogP contribution in [0.2, 0.25) is 10.0 Å². The van der Waals surface area contributed by atoms with Gasteiger partial charge < -0.3 is 14.8 Å². The van der Waals surface area contributed by atoms with Gasteiger partial charge in [-0.05, 0) is 59.6 Å². The molecule has 1 heterocycles. The number of hydrogen-bond donors (Lipinski definition) is 1. The summed E-state index contributed by atoms with van der Waals surface area (Å²) in [5.41, 5.74) is 1.94. The zero-order valence-electron chi connectivity index (χ0n) is 17.5. The fraction of sp³-hybridized carbons (Fsp3) is 0.381. The van der Waals surface area contributed by atoms with E-state index in [1.54, 1.807) is 16.4 Å². The second-order valence-electron chi connectivity index (χ2n) is 6.71. The van der Waals surface area contributed by atoms with Crippen molar-refractivity contribution in [3.8, 4) is 11.5 Å². The van der Waals surface area contributed by atoms with E-state index in [1.807, 2.05) is 50.4 Å². The van der Waals surface area contributed by atoms with Crippen molar-refractivity contribution >= 4 is 35.0 Å². The zero-order chi connectivity index (χ0) is 22.1. The van der Waals surface area contributed by atoms with Gasteiger partial charge in [-0.2, -0.15) is 0 Å². The minimum absolute atomic E-state index is 0.382. The predicted molar refractivity (Wildman–Crippen MR) is 124 cm³/mol. The Morgan fingerprint density at radius 1 is 1.13 bits per heavy atom. The van der Waals surface area contributed by atoms with E-state index < -0.39 is 0 Å². The Kier molecular flexibility index (Phi) is 9.27. The van der Waals surface area contributed by atoms with Gasteiger partial charge in [-0.15, -0.1) is 5.10 Å². The maximum absolute atomic E-state index is 6.51. The molecule has 0 bridgehead atoms. The van der Waals surface area contributed by atoms with Crippen LogP contribution in [0.1, 0.15) is 24.5 Å². The molecule has 0 saturated carbocycles. The number of thioether (sulfide) groups is 1. The predicted octanol–water partition coefficient (Wildman–Crippen LogP) is 4.77. The molecule has 0 fully saturated rings. The van der Waals surface area contributed by atoms with Crippen LogP contribution in [0.15, 0.2) is 41.6 Å². The topological polar surface area (TPSA) is 74.1 Å². The Bertz CT molecular complexity index is 986. The molecule has 3 aromatic rings. The molecule has 31 heavy (non-hydrogen) atoms. The number of tetrazole rings is 1. The third-order valence-electron chi connectivity index (χ3n) is 4.32. The number of aromatic nitrogens is 4. The fourth-order valence-electron chi connectivity index (χ4n) is 2.81. The third kappa shape index (κ3) is 7.28. The first kappa shape index (κ1) is 23.7. The molecule has 166 valence electrons. The van der Waals surface area contributed by atoms with E-state index in [0.717, 1.165) is 35.0 Å². The maximum Gasteiger partial charge on any atom is 0.209 e. The van der Waals surface area contributed by atoms with Crippen molar-refractivity contribution in [2.24, 2.45) is 7.05 Å². The summed E-state index contributed by atoms with van der Waals surface area (Å²) in [4.78, 5) is 0. The van der Waals surface area contributed by atoms with Crippen LogP contribution in [0.25, 0.3) is 0 Å². The lowest BCUT2D eigenvalue weighted by Crippen LogP contribution is -2.16. The molecule has 1 N–H and O–H groups in total. The molecule has 0 aliphatic heterocycles. The van der Waals surface area contributed by atoms with Crippen molar-refractivity contribution in [3.63, 3.8) is 0 Å². The van der Waals surface area contributed by atoms with Gasteiger partial charge >= 0.3 is 0 Å². The van der Waals surface area contributed by atoms with Gasteiger partial charge in [-0.1, -0.05) is 47.1 Å². The van der Waals surface area contributed by atoms with Crippen molar-refractivity contribution in [2.45, 2.75) is 31.7 Å². The summed E-state index contributed by atoms with van der Waals surface area (Å²) in [6.45, 7) is 4.36. The van der Waals surface area contributed by atoms with Crippen LogP contribution in [0, 0.1) is 0 Å². The summed E-state index contributed by atoms with van der Waals surface area (Å²) in [6.07, 6.45) is 0.980. The largest absolute Gasteiger partial charge is 0.490 e. The Labute approximate surface area is 196 Å². The van der Waals surface area contributed by atoms with E-state index in [9.17, 15) is 0 Å². The van der Waals surface area contributed by atoms with Crippen LogP contribution >= 0.6 is 35.0 Å². The van der Waals surface area contributed by atoms with Crippen LogP contribution < -0.4 is 14.8 Å². The molecular formula is C21H25Cl2N5O2S. The second-order valence-corrected chi connectivity index (χ2v) is 8.61. The maximum atomic E-state index is 6.51. The highest BCUT2D eigenvalue weighted by Gasteiger charge is 2.12. The van der Waals surface area contributed by atoms with Gasteiger partial charge in [0.05, 0.1) is 6.61 Å². The molecule has 7 nitrogen and oxygen atoms in total. The number of nitrogens with one attached hydrogen (secondary N) is 1. The third-order valence-corrected chi connectivity index (χ3v) is 6.01. The highest BCUT2D eigenvalue weighted by Crippen LogP contribution is 2.34. The van der Waals surface area contributed by atoms with Gasteiger partial charge in [0.1, 0.15) is 6.61 Å². The average molecular weight is 482 g/mol. The summed E-state index contributed by atoms with van der Waals surface area (Å²) in [7, 11) is 1.83. The van der Waals surface area contributed by atoms with Gasteiger partial charge in [0.15, 0.2) is 11.5 Å². The lowest BCUT2D eigenvalue weighted by Gasteiger charge is -2.15. The Hall–Kier alpha value is -2.00. The molecule has 0 aliphatic carbocycles. The van der Waals surface area contributed by atoms with Crippen molar-refractivity contribution in [1.29, 1.82) is 0 Å². The van der Waals surface area contributed by atoms with E-state index >= 15 is 0 Å². The number of halogens is 2. The number of hydrogen-bond acceptors (Lipinski definition) is 7. The lowest BCUT2D eigenvalue weighted by atomic mass is 10.2. The van der Waals surface area contributed by atoms with Crippen molar-refractivity contribution in [1.82, 2.24) is 25.5 Å². The van der Waals surface area contributed by atoms with Gasteiger partial charge in [0.25, 0.3) is 0 Å². The Morgan fingerprint density at radius 2 is 1.97 bits per heavy atom. The van der Waals surface area contributed by atoms with E-state index in [2.05, 4.69) is 20.8 Å². The average Bonchev–Trinajstić information content (AvgIpc) is 3.16. The minimum Gasteiger partial charge on any atom is -0.490 e. The molecule has 0 aliphatic rings. The van der Waals surface area contributed by atoms with E-state index in [0.29, 0.717) is 41.3 Å². The Morgan fingerprint density at radius 3 is 2.71 bits per heavy atom. The molecule has 0 amide bonds. The quantitative estimate of drug-likeness (QED) is 0.295. The molecule has 2 aromatic carbocycles. The molecule has 3 rings (SSSR count). The van der Waals surface area contributed by atoms with Gasteiger partial charge in [-0.25, -0.2) is 4.68 Å². The summed E-state index contributed by atoms with van der Waals surface area (Å²) >= 11 is 14.2. The fourth-order valence-corrected chi connectivity index (χ4v) is 4.03. The van der Waals surface area contributed by atoms with E-state index in [-0.39, 0.29) is 0 Å². The Balaban J connectivity index is 1.52. The SMILES string of the molecule is CCOc1cc(CNCCCSc2nnnn2C)c(Cl)cc1OCc1cccc(Cl)c1. The van der Waals surface area contributed by atoms with Crippen molar-refractivity contribution in [2.75, 3.05) is 18.9 Å². The first-order valence-corrected chi connectivity index (χ1v) is 11.7. The first-order valence-electron chi connectivity index (χ1n) is 9.95. The van der Waals surface area contributed by atoms with Gasteiger partial charge in [-0.3, -0.25) is 0 Å². The molecule has 0 atom stereocenters. The molecule has 0 radical (unpaired) electrons. The summed E-state index contributed by atoms with van der Waals surface area (Å²) < 4.78 is 13.4. The summed E-state index contributed by atoms with van der Waals surface area (Å²) in [5, 5.41) is 17.0. The van der Waals surface area contributed by atoms with Gasteiger partial charge in [0.2, 0.25) is 5.16 Å². The normalized spacial score (nSPS) is 11.0. The second kappa shape index (κ2) is 12.1. The van der Waals surface area contributed by atoms with Crippen molar-refractivity contribution in [3.05, 3.63) is 57.6 Å². The number of rotatable bonds is 12. The zero-order valence-corrected chi connectivity index (χ0v) is 19.8. The number of nitrogens with zero attached hydrogens (tertiary/aromatic N) is 4. The van der Waals surface area contributed by atoms with E-state index in [1.165, 1.54) is 0 Å². The van der Waals surface area contributed by atoms with Crippen LogP contribution in [-0.4, -0.2) is 39.1 Å². The van der Waals surface area contributed by atoms with Crippen LogP contribution in [0.5, 0.6) is 11.5 Å². The van der Waals surface area contributed by atoms with Crippen molar-refractivity contribution < 1.29 is 9.47 Å². The summed E-state index contributed by atoms with van der Waals surface area (Å²) in [5.74, 6) is 2.22. The van der Waals surface area contributed by atoms with Crippen LogP contribution in [0.4, 0.5) is 0 Å². The van der Waals surface area contributed by atoms with Crippen LogP contribution in [0.3, 0.4) is 0 Å². The smallest absolute Gasteiger partial charge is 0.209 e. The molecule has 0 spiro atoms. The number of aryl methyl sites for hydroxylation is 1. The summed E-state index contributed by atoms with van der Waals surface area (Å²) in [6, 6.07) is 11.3. The monoisotopic (exact) mass is 481 g/mol. The number of benzene rings is 2. The molecule has 0 unspecified atom stereocenters.